The number of carbonyl (C=O) groups is 2. The van der Waals surface area contributed by atoms with E-state index in [1.807, 2.05) is 27.7 Å². The lowest BCUT2D eigenvalue weighted by molar-refractivity contribution is -0.175. The van der Waals surface area contributed by atoms with Gasteiger partial charge in [-0.2, -0.15) is 0 Å². The number of amides is 2. The fourth-order valence-electron chi connectivity index (χ4n) is 3.68. The van der Waals surface area contributed by atoms with E-state index in [0.717, 1.165) is 6.42 Å². The molecule has 21 heavy (non-hydrogen) atoms. The Kier molecular flexibility index (Phi) is 4.31. The molecule has 1 saturated carbocycles. The Morgan fingerprint density at radius 1 is 1.38 bits per heavy atom. The lowest BCUT2D eigenvalue weighted by Gasteiger charge is -2.60. The smallest absolute Gasteiger partial charge is 0.241 e. The third-order valence-corrected chi connectivity index (χ3v) is 4.92. The minimum absolute atomic E-state index is 0.0636. The van der Waals surface area contributed by atoms with Crippen molar-refractivity contribution in [1.29, 1.82) is 0 Å². The molecule has 0 radical (unpaired) electrons. The van der Waals surface area contributed by atoms with Gasteiger partial charge in [0.25, 0.3) is 0 Å². The van der Waals surface area contributed by atoms with Crippen LogP contribution in [-0.2, 0) is 14.3 Å². The highest BCUT2D eigenvalue weighted by Crippen LogP contribution is 2.58. The molecule has 0 spiro atoms. The molecule has 1 saturated heterocycles. The van der Waals surface area contributed by atoms with Gasteiger partial charge < -0.3 is 21.1 Å². The molecule has 1 heterocycles. The summed E-state index contributed by atoms with van der Waals surface area (Å²) in [6.45, 7) is 8.74. The van der Waals surface area contributed by atoms with E-state index >= 15 is 0 Å². The summed E-state index contributed by atoms with van der Waals surface area (Å²) in [5, 5.41) is 5.61. The Balaban J connectivity index is 1.87. The minimum Gasteiger partial charge on any atom is -0.377 e. The van der Waals surface area contributed by atoms with Gasteiger partial charge in [-0.1, -0.05) is 13.8 Å². The SMILES string of the molecule is CC(C)NC(=O)CCNC(=O)C1(N)C2CCOC2C1(C)C. The maximum Gasteiger partial charge on any atom is 0.241 e. The Morgan fingerprint density at radius 2 is 2.05 bits per heavy atom. The predicted molar refractivity (Wildman–Crippen MR) is 79.5 cm³/mol. The lowest BCUT2D eigenvalue weighted by Crippen LogP contribution is -2.80. The third-order valence-electron chi connectivity index (χ3n) is 4.92. The zero-order chi connectivity index (χ0) is 15.8. The van der Waals surface area contributed by atoms with Crippen molar-refractivity contribution < 1.29 is 14.3 Å². The van der Waals surface area contributed by atoms with Crippen molar-refractivity contribution >= 4 is 11.8 Å². The molecule has 4 N–H and O–H groups in total. The molecule has 2 amide bonds. The molecular formula is C15H27N3O3. The molecule has 0 aromatic rings. The Morgan fingerprint density at radius 3 is 2.67 bits per heavy atom. The first-order valence-corrected chi connectivity index (χ1v) is 7.69. The van der Waals surface area contributed by atoms with Crippen molar-refractivity contribution in [3.05, 3.63) is 0 Å². The zero-order valence-corrected chi connectivity index (χ0v) is 13.4. The fraction of sp³-hybridized carbons (Fsp3) is 0.867. The van der Waals surface area contributed by atoms with Gasteiger partial charge in [-0.25, -0.2) is 0 Å². The third kappa shape index (κ3) is 2.55. The average molecular weight is 297 g/mol. The first kappa shape index (κ1) is 16.2. The molecule has 0 aromatic carbocycles. The van der Waals surface area contributed by atoms with Gasteiger partial charge in [-0.3, -0.25) is 9.59 Å². The molecule has 0 aromatic heterocycles. The van der Waals surface area contributed by atoms with Crippen LogP contribution in [0.3, 0.4) is 0 Å². The van der Waals surface area contributed by atoms with E-state index in [0.29, 0.717) is 13.2 Å². The van der Waals surface area contributed by atoms with Crippen LogP contribution in [0, 0.1) is 11.3 Å². The monoisotopic (exact) mass is 297 g/mol. The highest BCUT2D eigenvalue weighted by atomic mass is 16.5. The van der Waals surface area contributed by atoms with Gasteiger partial charge in [0.05, 0.1) is 6.10 Å². The molecule has 0 bridgehead atoms. The maximum absolute atomic E-state index is 12.5. The number of hydrogen-bond donors (Lipinski definition) is 3. The highest BCUT2D eigenvalue weighted by molar-refractivity contribution is 5.90. The summed E-state index contributed by atoms with van der Waals surface area (Å²) in [5.74, 6) is -0.153. The normalized spacial score (nSPS) is 33.2. The summed E-state index contributed by atoms with van der Waals surface area (Å²) in [6.07, 6.45) is 1.16. The molecule has 2 rings (SSSR count). The largest absolute Gasteiger partial charge is 0.377 e. The van der Waals surface area contributed by atoms with Crippen LogP contribution in [0.4, 0.5) is 0 Å². The van der Waals surface area contributed by atoms with Gasteiger partial charge in [-0.15, -0.1) is 0 Å². The number of nitrogens with two attached hydrogens (primary N) is 1. The molecule has 6 heteroatoms. The number of rotatable bonds is 5. The van der Waals surface area contributed by atoms with Crippen LogP contribution in [0.5, 0.6) is 0 Å². The second-order valence-electron chi connectivity index (χ2n) is 7.01. The number of carbonyl (C=O) groups excluding carboxylic acids is 2. The van der Waals surface area contributed by atoms with E-state index < -0.39 is 5.54 Å². The molecule has 1 aliphatic heterocycles. The van der Waals surface area contributed by atoms with Crippen molar-refractivity contribution in [1.82, 2.24) is 10.6 Å². The van der Waals surface area contributed by atoms with E-state index in [4.69, 9.17) is 10.5 Å². The van der Waals surface area contributed by atoms with E-state index in [-0.39, 0.29) is 41.7 Å². The van der Waals surface area contributed by atoms with Gasteiger partial charge in [0, 0.05) is 36.9 Å². The van der Waals surface area contributed by atoms with Gasteiger partial charge in [-0.05, 0) is 20.3 Å². The Bertz CT molecular complexity index is 436. The van der Waals surface area contributed by atoms with E-state index in [9.17, 15) is 9.59 Å². The van der Waals surface area contributed by atoms with Crippen molar-refractivity contribution in [2.45, 2.75) is 58.2 Å². The molecule has 1 aliphatic carbocycles. The van der Waals surface area contributed by atoms with Gasteiger partial charge in [0.2, 0.25) is 11.8 Å². The summed E-state index contributed by atoms with van der Waals surface area (Å²) >= 11 is 0. The number of hydrogen-bond acceptors (Lipinski definition) is 4. The van der Waals surface area contributed by atoms with E-state index in [2.05, 4.69) is 10.6 Å². The Labute approximate surface area is 126 Å². The molecule has 3 atom stereocenters. The molecule has 3 unspecified atom stereocenters. The van der Waals surface area contributed by atoms with Crippen molar-refractivity contribution in [3.8, 4) is 0 Å². The summed E-state index contributed by atoms with van der Waals surface area (Å²) in [5.41, 5.74) is 5.14. The summed E-state index contributed by atoms with van der Waals surface area (Å²) in [6, 6.07) is 0.107. The van der Waals surface area contributed by atoms with Gasteiger partial charge in [0.1, 0.15) is 5.54 Å². The summed E-state index contributed by atoms with van der Waals surface area (Å²) in [7, 11) is 0. The van der Waals surface area contributed by atoms with Gasteiger partial charge in [0.15, 0.2) is 0 Å². The Hall–Kier alpha value is -1.14. The van der Waals surface area contributed by atoms with E-state index in [1.54, 1.807) is 0 Å². The number of fused-ring (bicyclic) bond motifs is 1. The first-order chi connectivity index (χ1) is 9.71. The molecule has 6 nitrogen and oxygen atoms in total. The van der Waals surface area contributed by atoms with Crippen molar-refractivity contribution in [2.24, 2.45) is 17.1 Å². The lowest BCUT2D eigenvalue weighted by atomic mass is 9.48. The van der Waals surface area contributed by atoms with Crippen molar-refractivity contribution in [2.75, 3.05) is 13.2 Å². The summed E-state index contributed by atoms with van der Waals surface area (Å²) in [4.78, 5) is 24.1. The topological polar surface area (TPSA) is 93.5 Å². The number of ether oxygens (including phenoxy) is 1. The number of nitrogens with one attached hydrogen (secondary N) is 2. The molecular weight excluding hydrogens is 270 g/mol. The fourth-order valence-corrected chi connectivity index (χ4v) is 3.68. The van der Waals surface area contributed by atoms with E-state index in [1.165, 1.54) is 0 Å². The van der Waals surface area contributed by atoms with Crippen LogP contribution in [0.1, 0.15) is 40.5 Å². The molecule has 2 fully saturated rings. The zero-order valence-electron chi connectivity index (χ0n) is 13.4. The quantitative estimate of drug-likeness (QED) is 0.674. The first-order valence-electron chi connectivity index (χ1n) is 7.69. The molecule has 120 valence electrons. The van der Waals surface area contributed by atoms with Crippen LogP contribution in [-0.4, -0.2) is 42.7 Å². The molecule has 2 aliphatic rings. The predicted octanol–water partition coefficient (Wildman–Crippen LogP) is 0.160. The second kappa shape index (κ2) is 5.57. The van der Waals surface area contributed by atoms with Crippen LogP contribution >= 0.6 is 0 Å². The highest BCUT2D eigenvalue weighted by Gasteiger charge is 2.71. The second-order valence-corrected chi connectivity index (χ2v) is 7.01. The van der Waals surface area contributed by atoms with Crippen LogP contribution in [0.15, 0.2) is 0 Å². The van der Waals surface area contributed by atoms with Crippen LogP contribution in [0.2, 0.25) is 0 Å². The van der Waals surface area contributed by atoms with Crippen molar-refractivity contribution in [3.63, 3.8) is 0 Å². The average Bonchev–Trinajstić information content (AvgIpc) is 2.84. The standard InChI is InChI=1S/C15H27N3O3/c1-9(2)18-11(19)5-7-17-13(20)15(16)10-6-8-21-12(10)14(15,3)4/h9-10,12H,5-8,16H2,1-4H3,(H,17,20)(H,18,19). The van der Waals surface area contributed by atoms with Crippen LogP contribution in [0.25, 0.3) is 0 Å². The van der Waals surface area contributed by atoms with Crippen LogP contribution < -0.4 is 16.4 Å². The maximum atomic E-state index is 12.5. The van der Waals surface area contributed by atoms with Gasteiger partial charge >= 0.3 is 0 Å². The minimum atomic E-state index is -0.900. The summed E-state index contributed by atoms with van der Waals surface area (Å²) < 4.78 is 5.68.